The molecule has 3 rings (SSSR count). The number of hydrogen-bond acceptors (Lipinski definition) is 4. The van der Waals surface area contributed by atoms with Gasteiger partial charge in [-0.15, -0.1) is 0 Å². The molecule has 0 atom stereocenters. The Balaban J connectivity index is 1.55. The van der Waals surface area contributed by atoms with Crippen molar-refractivity contribution in [1.82, 2.24) is 14.9 Å². The third kappa shape index (κ3) is 5.50. The molecule has 6 heteroatoms. The number of benzene rings is 1. The molecule has 1 amide bonds. The van der Waals surface area contributed by atoms with Gasteiger partial charge in [-0.05, 0) is 36.8 Å². The number of amides is 1. The van der Waals surface area contributed by atoms with Gasteiger partial charge in [0.1, 0.15) is 5.69 Å². The van der Waals surface area contributed by atoms with Gasteiger partial charge in [-0.3, -0.25) is 4.79 Å². The van der Waals surface area contributed by atoms with Gasteiger partial charge < -0.3 is 14.6 Å². The number of likely N-dealkylation sites (tertiary alicyclic amines) is 1. The molecule has 2 aromatic rings. The number of ether oxygens (including phenoxy) is 1. The molecule has 1 saturated heterocycles. The van der Waals surface area contributed by atoms with E-state index in [2.05, 4.69) is 23.8 Å². The fourth-order valence-electron chi connectivity index (χ4n) is 3.34. The fraction of sp³-hybridized carbons (Fsp3) is 0.476. The molecule has 1 aromatic carbocycles. The van der Waals surface area contributed by atoms with Crippen molar-refractivity contribution in [2.24, 2.45) is 5.92 Å². The van der Waals surface area contributed by atoms with Gasteiger partial charge in [0.25, 0.3) is 5.91 Å². The molecule has 1 N–H and O–H groups in total. The highest BCUT2D eigenvalue weighted by molar-refractivity contribution is 5.92. The van der Waals surface area contributed by atoms with E-state index in [4.69, 9.17) is 4.74 Å². The largest absolute Gasteiger partial charge is 0.373 e. The van der Waals surface area contributed by atoms with Crippen LogP contribution in [-0.2, 0) is 17.8 Å². The molecule has 0 unspecified atom stereocenters. The van der Waals surface area contributed by atoms with Gasteiger partial charge in [-0.25, -0.2) is 4.79 Å². The normalized spacial score (nSPS) is 15.3. The number of nitrogens with one attached hydrogen (secondary N) is 1. The lowest BCUT2D eigenvalue weighted by Crippen LogP contribution is -2.41. The molecule has 0 radical (unpaired) electrons. The van der Waals surface area contributed by atoms with Crippen LogP contribution in [0.25, 0.3) is 0 Å². The van der Waals surface area contributed by atoms with E-state index in [1.54, 1.807) is 11.0 Å². The first-order valence-corrected chi connectivity index (χ1v) is 9.56. The van der Waals surface area contributed by atoms with Crippen LogP contribution in [0.3, 0.4) is 0 Å². The highest BCUT2D eigenvalue weighted by atomic mass is 16.5. The van der Waals surface area contributed by atoms with Crippen LogP contribution in [0.2, 0.25) is 0 Å². The van der Waals surface area contributed by atoms with Crippen LogP contribution >= 0.6 is 0 Å². The van der Waals surface area contributed by atoms with Crippen molar-refractivity contribution >= 4 is 5.91 Å². The predicted molar refractivity (Wildman–Crippen MR) is 104 cm³/mol. The maximum Gasteiger partial charge on any atom is 0.345 e. The minimum atomic E-state index is -0.461. The first kappa shape index (κ1) is 19.3. The number of H-pyrrole nitrogens is 1. The molecule has 6 nitrogen and oxygen atoms in total. The van der Waals surface area contributed by atoms with Crippen LogP contribution < -0.4 is 5.69 Å². The Kier molecular flexibility index (Phi) is 6.40. The second-order valence-corrected chi connectivity index (χ2v) is 7.48. The lowest BCUT2D eigenvalue weighted by molar-refractivity contribution is -0.000525. The van der Waals surface area contributed by atoms with Gasteiger partial charge in [0.05, 0.1) is 12.7 Å². The summed E-state index contributed by atoms with van der Waals surface area (Å²) < 4.78 is 5.98. The van der Waals surface area contributed by atoms with Crippen molar-refractivity contribution in [2.75, 3.05) is 13.1 Å². The fourth-order valence-corrected chi connectivity index (χ4v) is 3.34. The monoisotopic (exact) mass is 369 g/mol. The number of nitrogens with zero attached hydrogens (tertiary/aromatic N) is 2. The number of piperidine rings is 1. The zero-order chi connectivity index (χ0) is 19.2. The number of rotatable bonds is 6. The van der Waals surface area contributed by atoms with Crippen molar-refractivity contribution in [3.05, 3.63) is 63.8 Å². The van der Waals surface area contributed by atoms with Crippen molar-refractivity contribution in [2.45, 2.75) is 45.8 Å². The Morgan fingerprint density at radius 3 is 2.63 bits per heavy atom. The Bertz CT molecular complexity index is 809. The summed E-state index contributed by atoms with van der Waals surface area (Å²) in [4.78, 5) is 32.9. The minimum Gasteiger partial charge on any atom is -0.373 e. The Morgan fingerprint density at radius 1 is 1.26 bits per heavy atom. The maximum absolute atomic E-state index is 12.7. The predicted octanol–water partition coefficient (Wildman–Crippen LogP) is 2.79. The quantitative estimate of drug-likeness (QED) is 0.850. The molecule has 27 heavy (non-hydrogen) atoms. The van der Waals surface area contributed by atoms with Crippen LogP contribution in [0.4, 0.5) is 0 Å². The van der Waals surface area contributed by atoms with Gasteiger partial charge in [-0.2, -0.15) is 4.98 Å². The van der Waals surface area contributed by atoms with Crippen LogP contribution in [0.5, 0.6) is 0 Å². The third-order valence-corrected chi connectivity index (χ3v) is 4.71. The molecule has 1 aliphatic heterocycles. The van der Waals surface area contributed by atoms with Gasteiger partial charge in [0.15, 0.2) is 0 Å². The summed E-state index contributed by atoms with van der Waals surface area (Å²) in [5.74, 6) is 0.219. The Morgan fingerprint density at radius 2 is 1.96 bits per heavy atom. The van der Waals surface area contributed by atoms with Crippen molar-refractivity contribution < 1.29 is 9.53 Å². The summed E-state index contributed by atoms with van der Waals surface area (Å²) in [5.41, 5.74) is 1.69. The summed E-state index contributed by atoms with van der Waals surface area (Å²) >= 11 is 0. The zero-order valence-corrected chi connectivity index (χ0v) is 16.0. The minimum absolute atomic E-state index is 0.151. The molecule has 1 aliphatic rings. The molecule has 0 saturated carbocycles. The Hall–Kier alpha value is -2.47. The van der Waals surface area contributed by atoms with Crippen LogP contribution in [0.1, 0.15) is 48.4 Å². The van der Waals surface area contributed by atoms with Gasteiger partial charge in [-0.1, -0.05) is 44.2 Å². The summed E-state index contributed by atoms with van der Waals surface area (Å²) in [5, 5.41) is 0. The highest BCUT2D eigenvalue weighted by Crippen LogP contribution is 2.17. The van der Waals surface area contributed by atoms with E-state index in [0.29, 0.717) is 32.0 Å². The zero-order valence-electron chi connectivity index (χ0n) is 16.0. The van der Waals surface area contributed by atoms with Gasteiger partial charge in [0.2, 0.25) is 0 Å². The molecule has 1 aromatic heterocycles. The second kappa shape index (κ2) is 8.95. The molecule has 0 aliphatic carbocycles. The first-order chi connectivity index (χ1) is 13.0. The van der Waals surface area contributed by atoms with E-state index in [1.165, 1.54) is 0 Å². The number of aromatic nitrogens is 2. The molecular formula is C21H27N3O3. The topological polar surface area (TPSA) is 75.3 Å². The van der Waals surface area contributed by atoms with Crippen molar-refractivity contribution in [3.8, 4) is 0 Å². The number of carbonyl (C=O) groups is 1. The average molecular weight is 369 g/mol. The van der Waals surface area contributed by atoms with Crippen molar-refractivity contribution in [3.63, 3.8) is 0 Å². The second-order valence-electron chi connectivity index (χ2n) is 7.48. The van der Waals surface area contributed by atoms with E-state index in [1.807, 2.05) is 30.3 Å². The van der Waals surface area contributed by atoms with Crippen LogP contribution in [0.15, 0.2) is 41.2 Å². The summed E-state index contributed by atoms with van der Waals surface area (Å²) in [7, 11) is 0. The van der Waals surface area contributed by atoms with Crippen molar-refractivity contribution in [1.29, 1.82) is 0 Å². The van der Waals surface area contributed by atoms with E-state index in [0.717, 1.165) is 24.1 Å². The van der Waals surface area contributed by atoms with Gasteiger partial charge in [0, 0.05) is 18.8 Å². The molecule has 0 bridgehead atoms. The van der Waals surface area contributed by atoms with Crippen LogP contribution in [0, 0.1) is 5.92 Å². The third-order valence-electron chi connectivity index (χ3n) is 4.71. The smallest absolute Gasteiger partial charge is 0.345 e. The van der Waals surface area contributed by atoms with E-state index in [-0.39, 0.29) is 17.7 Å². The lowest BCUT2D eigenvalue weighted by Gasteiger charge is -2.31. The van der Waals surface area contributed by atoms with Crippen LogP contribution in [-0.4, -0.2) is 40.0 Å². The standard InChI is InChI=1S/C21H27N3O3/c1-15(2)12-17-13-19(23-21(26)22-17)20(25)24-10-8-18(9-11-24)27-14-16-6-4-3-5-7-16/h3-7,13,15,18H,8-12,14H2,1-2H3,(H,22,23,26). The summed E-state index contributed by atoms with van der Waals surface area (Å²) in [6.07, 6.45) is 2.45. The molecule has 2 heterocycles. The van der Waals surface area contributed by atoms with E-state index in [9.17, 15) is 9.59 Å². The van der Waals surface area contributed by atoms with Gasteiger partial charge >= 0.3 is 5.69 Å². The lowest BCUT2D eigenvalue weighted by atomic mass is 10.1. The molecule has 0 spiro atoms. The average Bonchev–Trinajstić information content (AvgIpc) is 2.66. The Labute approximate surface area is 159 Å². The summed E-state index contributed by atoms with van der Waals surface area (Å²) in [6.45, 7) is 5.97. The molecule has 144 valence electrons. The van der Waals surface area contributed by atoms with E-state index < -0.39 is 5.69 Å². The highest BCUT2D eigenvalue weighted by Gasteiger charge is 2.25. The summed E-state index contributed by atoms with van der Waals surface area (Å²) in [6, 6.07) is 11.8. The number of aromatic amines is 1. The maximum atomic E-state index is 12.7. The van der Waals surface area contributed by atoms with E-state index >= 15 is 0 Å². The SMILES string of the molecule is CC(C)Cc1cc(C(=O)N2CCC(OCc3ccccc3)CC2)nc(=O)[nH]1. The molecular weight excluding hydrogens is 342 g/mol. The number of carbonyl (C=O) groups excluding carboxylic acids is 1. The molecule has 1 fully saturated rings. The first-order valence-electron chi connectivity index (χ1n) is 9.56. The number of hydrogen-bond donors (Lipinski definition) is 1.